The molecular weight excluding hydrogens is 362 g/mol. The van der Waals surface area contributed by atoms with Crippen LogP contribution in [0.15, 0.2) is 53.7 Å². The molecular formula is C16H12ClN5S2. The van der Waals surface area contributed by atoms with Gasteiger partial charge in [-0.25, -0.2) is 9.66 Å². The molecule has 2 aromatic carbocycles. The number of nitrogen functional groups attached to an aromatic ring is 1. The van der Waals surface area contributed by atoms with Crippen molar-refractivity contribution in [3.63, 3.8) is 0 Å². The number of thiazole rings is 1. The molecule has 8 heteroatoms. The topological polar surface area (TPSA) is 69.6 Å². The average Bonchev–Trinajstić information content (AvgIpc) is 3.17. The first-order chi connectivity index (χ1) is 11.7. The summed E-state index contributed by atoms with van der Waals surface area (Å²) in [5.41, 5.74) is 1.78. The third-order valence-corrected chi connectivity index (χ3v) is 5.95. The summed E-state index contributed by atoms with van der Waals surface area (Å²) >= 11 is 9.39. The highest BCUT2D eigenvalue weighted by Gasteiger charge is 2.15. The minimum atomic E-state index is 0.549. The van der Waals surface area contributed by atoms with Gasteiger partial charge in [-0.15, -0.1) is 21.5 Å². The van der Waals surface area contributed by atoms with Crippen molar-refractivity contribution in [1.82, 2.24) is 19.9 Å². The Hall–Kier alpha value is -2.09. The SMILES string of the molecule is Nn1c(SCc2nc3ccccc3s2)nnc1-c1ccccc1Cl. The van der Waals surface area contributed by atoms with Gasteiger partial charge < -0.3 is 5.84 Å². The zero-order chi connectivity index (χ0) is 16.5. The fourth-order valence-corrected chi connectivity index (χ4v) is 4.35. The van der Waals surface area contributed by atoms with E-state index in [0.717, 1.165) is 16.1 Å². The molecule has 2 heterocycles. The molecule has 0 spiro atoms. The summed E-state index contributed by atoms with van der Waals surface area (Å²) in [5.74, 6) is 7.38. The molecule has 0 atom stereocenters. The molecule has 0 radical (unpaired) electrons. The van der Waals surface area contributed by atoms with Crippen LogP contribution >= 0.6 is 34.7 Å². The van der Waals surface area contributed by atoms with Gasteiger partial charge in [0.1, 0.15) is 5.01 Å². The predicted molar refractivity (Wildman–Crippen MR) is 99.8 cm³/mol. The first-order valence-corrected chi connectivity index (χ1v) is 9.33. The summed E-state index contributed by atoms with van der Waals surface area (Å²) in [7, 11) is 0. The molecule has 0 amide bonds. The number of hydrogen-bond donors (Lipinski definition) is 1. The van der Waals surface area contributed by atoms with Crippen molar-refractivity contribution >= 4 is 44.9 Å². The molecule has 0 bridgehead atoms. The molecule has 24 heavy (non-hydrogen) atoms. The lowest BCUT2D eigenvalue weighted by molar-refractivity contribution is 0.849. The van der Waals surface area contributed by atoms with Crippen LogP contribution in [0, 0.1) is 0 Å². The van der Waals surface area contributed by atoms with Crippen LogP contribution in [0.2, 0.25) is 5.02 Å². The zero-order valence-corrected chi connectivity index (χ0v) is 14.8. The van der Waals surface area contributed by atoms with E-state index >= 15 is 0 Å². The van der Waals surface area contributed by atoms with E-state index in [1.54, 1.807) is 17.4 Å². The Morgan fingerprint density at radius 3 is 2.71 bits per heavy atom. The second-order valence-electron chi connectivity index (χ2n) is 5.02. The van der Waals surface area contributed by atoms with E-state index in [1.165, 1.54) is 21.1 Å². The van der Waals surface area contributed by atoms with Crippen LogP contribution in [-0.4, -0.2) is 19.9 Å². The first-order valence-electron chi connectivity index (χ1n) is 7.15. The molecule has 0 unspecified atom stereocenters. The predicted octanol–water partition coefficient (Wildman–Crippen LogP) is 4.21. The maximum absolute atomic E-state index is 6.21. The highest BCUT2D eigenvalue weighted by atomic mass is 35.5. The monoisotopic (exact) mass is 373 g/mol. The Morgan fingerprint density at radius 1 is 1.08 bits per heavy atom. The van der Waals surface area contributed by atoms with E-state index in [2.05, 4.69) is 21.2 Å². The average molecular weight is 374 g/mol. The fraction of sp³-hybridized carbons (Fsp3) is 0.0625. The first kappa shape index (κ1) is 15.4. The van der Waals surface area contributed by atoms with Gasteiger partial charge in [-0.2, -0.15) is 0 Å². The Balaban J connectivity index is 1.56. The largest absolute Gasteiger partial charge is 0.335 e. The second-order valence-corrected chi connectivity index (χ2v) is 7.48. The minimum absolute atomic E-state index is 0.549. The van der Waals surface area contributed by atoms with Gasteiger partial charge in [0.25, 0.3) is 0 Å². The number of halogens is 1. The van der Waals surface area contributed by atoms with E-state index in [-0.39, 0.29) is 0 Å². The Bertz CT molecular complexity index is 978. The number of nitrogens with zero attached hydrogens (tertiary/aromatic N) is 4. The lowest BCUT2D eigenvalue weighted by Crippen LogP contribution is -2.11. The van der Waals surface area contributed by atoms with Crippen molar-refractivity contribution in [3.8, 4) is 11.4 Å². The number of para-hydroxylation sites is 1. The number of benzene rings is 2. The molecule has 0 aliphatic rings. The molecule has 4 aromatic rings. The van der Waals surface area contributed by atoms with E-state index in [0.29, 0.717) is 21.8 Å². The smallest absolute Gasteiger partial charge is 0.210 e. The van der Waals surface area contributed by atoms with Crippen LogP contribution in [0.5, 0.6) is 0 Å². The Kier molecular flexibility index (Phi) is 4.13. The minimum Gasteiger partial charge on any atom is -0.335 e. The lowest BCUT2D eigenvalue weighted by Gasteiger charge is -2.04. The van der Waals surface area contributed by atoms with Gasteiger partial charge >= 0.3 is 0 Å². The van der Waals surface area contributed by atoms with Gasteiger partial charge in [0.05, 0.1) is 21.0 Å². The summed E-state index contributed by atoms with van der Waals surface area (Å²) in [6.45, 7) is 0. The van der Waals surface area contributed by atoms with Gasteiger partial charge in [-0.3, -0.25) is 0 Å². The van der Waals surface area contributed by atoms with Gasteiger partial charge in [-0.05, 0) is 24.3 Å². The Morgan fingerprint density at radius 2 is 1.88 bits per heavy atom. The fourth-order valence-electron chi connectivity index (χ4n) is 2.31. The van der Waals surface area contributed by atoms with Crippen LogP contribution in [0.4, 0.5) is 0 Å². The molecule has 0 saturated heterocycles. The molecule has 0 aliphatic heterocycles. The normalized spacial score (nSPS) is 11.2. The molecule has 120 valence electrons. The number of thioether (sulfide) groups is 1. The van der Waals surface area contributed by atoms with Gasteiger partial charge in [0, 0.05) is 5.56 Å². The number of hydrogen-bond acceptors (Lipinski definition) is 6. The highest BCUT2D eigenvalue weighted by Crippen LogP contribution is 2.30. The van der Waals surface area contributed by atoms with Gasteiger partial charge in [-0.1, -0.05) is 47.6 Å². The molecule has 0 saturated carbocycles. The maximum Gasteiger partial charge on any atom is 0.210 e. The third-order valence-electron chi connectivity index (χ3n) is 3.44. The van der Waals surface area contributed by atoms with Crippen molar-refractivity contribution in [3.05, 3.63) is 58.6 Å². The van der Waals surface area contributed by atoms with Crippen LogP contribution < -0.4 is 5.84 Å². The van der Waals surface area contributed by atoms with Gasteiger partial charge in [0.2, 0.25) is 5.16 Å². The Labute approximate surface area is 151 Å². The number of rotatable bonds is 4. The second kappa shape index (κ2) is 6.43. The standard InChI is InChI=1S/C16H12ClN5S2/c17-11-6-2-1-5-10(11)15-20-21-16(22(15)18)23-9-14-19-12-7-3-4-8-13(12)24-14/h1-8H,9,18H2. The molecule has 5 nitrogen and oxygen atoms in total. The molecule has 0 aliphatic carbocycles. The van der Waals surface area contributed by atoms with Crippen LogP contribution in [-0.2, 0) is 5.75 Å². The number of fused-ring (bicyclic) bond motifs is 1. The van der Waals surface area contributed by atoms with Gasteiger partial charge in [0.15, 0.2) is 5.82 Å². The summed E-state index contributed by atoms with van der Waals surface area (Å²) in [6.07, 6.45) is 0. The third kappa shape index (κ3) is 2.86. The maximum atomic E-state index is 6.21. The molecule has 2 aromatic heterocycles. The summed E-state index contributed by atoms with van der Waals surface area (Å²) in [4.78, 5) is 4.61. The van der Waals surface area contributed by atoms with Crippen LogP contribution in [0.3, 0.4) is 0 Å². The van der Waals surface area contributed by atoms with E-state index in [4.69, 9.17) is 17.4 Å². The zero-order valence-electron chi connectivity index (χ0n) is 12.4. The van der Waals surface area contributed by atoms with E-state index < -0.39 is 0 Å². The van der Waals surface area contributed by atoms with Crippen molar-refractivity contribution in [2.45, 2.75) is 10.9 Å². The van der Waals surface area contributed by atoms with Crippen molar-refractivity contribution in [1.29, 1.82) is 0 Å². The summed E-state index contributed by atoms with van der Waals surface area (Å²) < 4.78 is 2.65. The van der Waals surface area contributed by atoms with Crippen LogP contribution in [0.25, 0.3) is 21.6 Å². The molecule has 2 N–H and O–H groups in total. The number of nitrogens with two attached hydrogens (primary N) is 1. The molecule has 4 rings (SSSR count). The van der Waals surface area contributed by atoms with E-state index in [9.17, 15) is 0 Å². The highest BCUT2D eigenvalue weighted by molar-refractivity contribution is 7.98. The van der Waals surface area contributed by atoms with Crippen molar-refractivity contribution in [2.75, 3.05) is 5.84 Å². The molecule has 0 fully saturated rings. The van der Waals surface area contributed by atoms with Crippen LogP contribution in [0.1, 0.15) is 5.01 Å². The lowest BCUT2D eigenvalue weighted by atomic mass is 10.2. The summed E-state index contributed by atoms with van der Waals surface area (Å²) in [6, 6.07) is 15.5. The number of aromatic nitrogens is 4. The summed E-state index contributed by atoms with van der Waals surface area (Å²) in [5, 5.41) is 10.6. The van der Waals surface area contributed by atoms with Crippen molar-refractivity contribution < 1.29 is 0 Å². The van der Waals surface area contributed by atoms with Crippen molar-refractivity contribution in [2.24, 2.45) is 0 Å². The quantitative estimate of drug-likeness (QED) is 0.428. The van der Waals surface area contributed by atoms with E-state index in [1.807, 2.05) is 36.4 Å².